The van der Waals surface area contributed by atoms with Crippen molar-refractivity contribution in [1.29, 1.82) is 0 Å². The quantitative estimate of drug-likeness (QED) is 0.332. The summed E-state index contributed by atoms with van der Waals surface area (Å²) in [7, 11) is 2.06. The Hall–Kier alpha value is -1.13. The Balaban J connectivity index is 0.00000320. The molecule has 2 saturated heterocycles. The van der Waals surface area contributed by atoms with Gasteiger partial charge in [0.1, 0.15) is 5.82 Å². The van der Waals surface area contributed by atoms with Crippen LogP contribution in [0.1, 0.15) is 25.8 Å². The van der Waals surface area contributed by atoms with Crippen LogP contribution in [0, 0.1) is 11.7 Å². The van der Waals surface area contributed by atoms with E-state index < -0.39 is 0 Å². The highest BCUT2D eigenvalue weighted by Crippen LogP contribution is 2.22. The van der Waals surface area contributed by atoms with Crippen molar-refractivity contribution in [3.8, 4) is 0 Å². The summed E-state index contributed by atoms with van der Waals surface area (Å²) in [5.74, 6) is 1.26. The lowest BCUT2D eigenvalue weighted by molar-refractivity contribution is 0.181. The van der Waals surface area contributed by atoms with Crippen LogP contribution in [-0.2, 0) is 11.3 Å². The molecule has 0 bridgehead atoms. The Morgan fingerprint density at radius 3 is 2.63 bits per heavy atom. The standard InChI is InChI=1S/C22H36FN5O.HI/c1-4-24-22(26(3)16-19-8-13-29-17-19)25-15-18-6-7-21(20(23)14-18)28-11-9-27(5-2)10-12-28;/h6-7,14,19H,4-5,8-13,15-17H2,1-3H3,(H,24,25);1H. The fourth-order valence-corrected chi connectivity index (χ4v) is 4.05. The maximum absolute atomic E-state index is 14.8. The van der Waals surface area contributed by atoms with E-state index in [4.69, 9.17) is 9.73 Å². The van der Waals surface area contributed by atoms with Crippen molar-refractivity contribution in [2.24, 2.45) is 10.9 Å². The molecule has 1 unspecified atom stereocenters. The van der Waals surface area contributed by atoms with Gasteiger partial charge in [-0.1, -0.05) is 13.0 Å². The lowest BCUT2D eigenvalue weighted by Crippen LogP contribution is -2.46. The SMILES string of the molecule is CCNC(=NCc1ccc(N2CCN(CC)CC2)c(F)c1)N(C)CC1CCOC1.I. The van der Waals surface area contributed by atoms with Gasteiger partial charge in [-0.2, -0.15) is 0 Å². The second kappa shape index (κ2) is 12.7. The molecule has 2 fully saturated rings. The summed E-state index contributed by atoms with van der Waals surface area (Å²) in [5.41, 5.74) is 1.60. The van der Waals surface area contributed by atoms with Crippen molar-refractivity contribution in [3.05, 3.63) is 29.6 Å². The number of aliphatic imine (C=N–C) groups is 1. The third-order valence-electron chi connectivity index (χ3n) is 5.84. The van der Waals surface area contributed by atoms with E-state index in [9.17, 15) is 4.39 Å². The number of hydrogen-bond donors (Lipinski definition) is 1. The molecule has 30 heavy (non-hydrogen) atoms. The van der Waals surface area contributed by atoms with E-state index in [0.717, 1.165) is 77.0 Å². The number of halogens is 2. The summed E-state index contributed by atoms with van der Waals surface area (Å²) in [6.07, 6.45) is 1.10. The summed E-state index contributed by atoms with van der Waals surface area (Å²) >= 11 is 0. The van der Waals surface area contributed by atoms with E-state index in [1.54, 1.807) is 6.07 Å². The highest BCUT2D eigenvalue weighted by atomic mass is 127. The molecule has 1 atom stereocenters. The summed E-state index contributed by atoms with van der Waals surface area (Å²) in [6, 6.07) is 5.55. The van der Waals surface area contributed by atoms with Gasteiger partial charge in [0.2, 0.25) is 0 Å². The van der Waals surface area contributed by atoms with Crippen molar-refractivity contribution >= 4 is 35.6 Å². The fourth-order valence-electron chi connectivity index (χ4n) is 4.05. The van der Waals surface area contributed by atoms with Crippen molar-refractivity contribution in [1.82, 2.24) is 15.1 Å². The number of guanidine groups is 1. The first-order valence-electron chi connectivity index (χ1n) is 10.9. The van der Waals surface area contributed by atoms with Crippen molar-refractivity contribution in [2.45, 2.75) is 26.8 Å². The highest BCUT2D eigenvalue weighted by Gasteiger charge is 2.20. The Bertz CT molecular complexity index is 675. The third kappa shape index (κ3) is 6.95. The first-order valence-corrected chi connectivity index (χ1v) is 10.9. The first kappa shape index (κ1) is 25.1. The predicted octanol–water partition coefficient (Wildman–Crippen LogP) is 3.02. The van der Waals surface area contributed by atoms with Crippen LogP contribution < -0.4 is 10.2 Å². The Kier molecular flexibility index (Phi) is 10.6. The van der Waals surface area contributed by atoms with Crippen LogP contribution in [0.3, 0.4) is 0 Å². The van der Waals surface area contributed by atoms with Crippen LogP contribution in [0.15, 0.2) is 23.2 Å². The second-order valence-electron chi connectivity index (χ2n) is 7.99. The van der Waals surface area contributed by atoms with E-state index in [2.05, 4.69) is 40.9 Å². The molecule has 2 aliphatic rings. The number of hydrogen-bond acceptors (Lipinski definition) is 4. The molecule has 3 rings (SSSR count). The predicted molar refractivity (Wildman–Crippen MR) is 133 cm³/mol. The highest BCUT2D eigenvalue weighted by molar-refractivity contribution is 14.0. The minimum atomic E-state index is -0.149. The maximum Gasteiger partial charge on any atom is 0.193 e. The largest absolute Gasteiger partial charge is 0.381 e. The van der Waals surface area contributed by atoms with Gasteiger partial charge in [-0.25, -0.2) is 9.38 Å². The summed E-state index contributed by atoms with van der Waals surface area (Å²) in [6.45, 7) is 12.9. The first-order chi connectivity index (χ1) is 14.1. The lowest BCUT2D eigenvalue weighted by atomic mass is 10.1. The molecular formula is C22H37FIN5O. The third-order valence-corrected chi connectivity index (χ3v) is 5.84. The van der Waals surface area contributed by atoms with E-state index in [0.29, 0.717) is 18.2 Å². The van der Waals surface area contributed by atoms with Gasteiger partial charge in [0, 0.05) is 58.8 Å². The number of anilines is 1. The molecule has 0 saturated carbocycles. The van der Waals surface area contributed by atoms with E-state index in [1.165, 1.54) is 0 Å². The van der Waals surface area contributed by atoms with E-state index in [-0.39, 0.29) is 29.8 Å². The van der Waals surface area contributed by atoms with Gasteiger partial charge in [0.25, 0.3) is 0 Å². The van der Waals surface area contributed by atoms with Gasteiger partial charge in [0.15, 0.2) is 5.96 Å². The summed E-state index contributed by atoms with van der Waals surface area (Å²) < 4.78 is 20.2. The van der Waals surface area contributed by atoms with Crippen LogP contribution in [0.5, 0.6) is 0 Å². The molecule has 8 heteroatoms. The molecule has 1 aromatic carbocycles. The molecule has 0 aliphatic carbocycles. The Morgan fingerprint density at radius 1 is 1.27 bits per heavy atom. The molecule has 2 heterocycles. The molecule has 170 valence electrons. The minimum absolute atomic E-state index is 0. The molecule has 0 radical (unpaired) electrons. The van der Waals surface area contributed by atoms with Gasteiger partial charge < -0.3 is 24.8 Å². The number of nitrogens with one attached hydrogen (secondary N) is 1. The molecule has 0 amide bonds. The Morgan fingerprint density at radius 2 is 2.03 bits per heavy atom. The number of piperazine rings is 1. The van der Waals surface area contributed by atoms with E-state index >= 15 is 0 Å². The number of likely N-dealkylation sites (N-methyl/N-ethyl adjacent to an activating group) is 1. The number of nitrogens with zero attached hydrogens (tertiary/aromatic N) is 4. The molecule has 1 aromatic rings. The Labute approximate surface area is 197 Å². The van der Waals surface area contributed by atoms with Crippen LogP contribution in [0.2, 0.25) is 0 Å². The molecule has 0 spiro atoms. The average molecular weight is 533 g/mol. The van der Waals surface area contributed by atoms with Gasteiger partial charge in [0.05, 0.1) is 18.8 Å². The smallest absolute Gasteiger partial charge is 0.193 e. The number of ether oxygens (including phenoxy) is 1. The number of benzene rings is 1. The van der Waals surface area contributed by atoms with E-state index in [1.807, 2.05) is 12.1 Å². The van der Waals surface area contributed by atoms with Crippen LogP contribution >= 0.6 is 24.0 Å². The molecule has 1 N–H and O–H groups in total. The zero-order valence-electron chi connectivity index (χ0n) is 18.6. The van der Waals surface area contributed by atoms with Gasteiger partial charge >= 0.3 is 0 Å². The minimum Gasteiger partial charge on any atom is -0.381 e. The molecular weight excluding hydrogens is 496 g/mol. The molecule has 2 aliphatic heterocycles. The van der Waals surface area contributed by atoms with Crippen LogP contribution in [-0.4, -0.2) is 81.8 Å². The number of rotatable bonds is 7. The van der Waals surface area contributed by atoms with Crippen molar-refractivity contribution in [3.63, 3.8) is 0 Å². The normalized spacial score (nSPS) is 20.2. The summed E-state index contributed by atoms with van der Waals surface area (Å²) in [5, 5.41) is 3.34. The van der Waals surface area contributed by atoms with Gasteiger partial charge in [-0.3, -0.25) is 0 Å². The molecule has 0 aromatic heterocycles. The van der Waals surface area contributed by atoms with Gasteiger partial charge in [-0.05, 0) is 37.6 Å². The molecule has 6 nitrogen and oxygen atoms in total. The lowest BCUT2D eigenvalue weighted by Gasteiger charge is -2.35. The van der Waals surface area contributed by atoms with Crippen molar-refractivity contribution in [2.75, 3.05) is 71.0 Å². The second-order valence-corrected chi connectivity index (χ2v) is 7.99. The van der Waals surface area contributed by atoms with Gasteiger partial charge in [-0.15, -0.1) is 24.0 Å². The topological polar surface area (TPSA) is 43.3 Å². The zero-order chi connectivity index (χ0) is 20.6. The fraction of sp³-hybridized carbons (Fsp3) is 0.682. The zero-order valence-corrected chi connectivity index (χ0v) is 20.9. The average Bonchev–Trinajstić information content (AvgIpc) is 3.24. The maximum atomic E-state index is 14.8. The van der Waals surface area contributed by atoms with Crippen LogP contribution in [0.25, 0.3) is 0 Å². The van der Waals surface area contributed by atoms with Crippen LogP contribution in [0.4, 0.5) is 10.1 Å². The summed E-state index contributed by atoms with van der Waals surface area (Å²) in [4.78, 5) is 11.4. The van der Waals surface area contributed by atoms with Crippen molar-refractivity contribution < 1.29 is 9.13 Å². The monoisotopic (exact) mass is 533 g/mol.